The van der Waals surface area contributed by atoms with Gasteiger partial charge in [0.25, 0.3) is 0 Å². The first-order chi connectivity index (χ1) is 7.05. The molecule has 0 amide bonds. The van der Waals surface area contributed by atoms with Crippen molar-refractivity contribution >= 4 is 39.0 Å². The lowest BCUT2D eigenvalue weighted by Crippen LogP contribution is -2.17. The molecule has 1 aromatic heterocycles. The van der Waals surface area contributed by atoms with E-state index in [1.165, 1.54) is 6.20 Å². The van der Waals surface area contributed by atoms with Crippen LogP contribution >= 0.6 is 23.2 Å². The summed E-state index contributed by atoms with van der Waals surface area (Å²) in [6.45, 7) is 0. The Hall–Kier alpha value is -0.520. The molecule has 0 saturated carbocycles. The Balaban J connectivity index is 2.74. The number of pyridine rings is 1. The molecule has 0 aliphatic carbocycles. The Morgan fingerprint density at radius 1 is 1.47 bits per heavy atom. The van der Waals surface area contributed by atoms with E-state index in [1.807, 2.05) is 0 Å². The van der Waals surface area contributed by atoms with Crippen LogP contribution in [0.25, 0.3) is 0 Å². The zero-order chi connectivity index (χ0) is 11.3. The monoisotopic (exact) mass is 268 g/mol. The molecule has 0 aliphatic heterocycles. The predicted molar refractivity (Wildman–Crippen MR) is 62.0 cm³/mol. The van der Waals surface area contributed by atoms with Crippen molar-refractivity contribution in [2.24, 2.45) is 0 Å². The van der Waals surface area contributed by atoms with Gasteiger partial charge in [0, 0.05) is 12.1 Å². The number of sulfonamides is 1. The van der Waals surface area contributed by atoms with Crippen molar-refractivity contribution in [3.63, 3.8) is 0 Å². The minimum Gasteiger partial charge on any atom is -0.266 e. The number of halogens is 2. The summed E-state index contributed by atoms with van der Waals surface area (Å²) in [5, 5.41) is 0.270. The summed E-state index contributed by atoms with van der Waals surface area (Å²) in [7, 11) is -3.40. The van der Waals surface area contributed by atoms with Crippen molar-refractivity contribution in [1.82, 2.24) is 4.98 Å². The Kier molecular flexibility index (Phi) is 4.63. The number of anilines is 1. The van der Waals surface area contributed by atoms with Gasteiger partial charge in [-0.3, -0.25) is 4.72 Å². The third kappa shape index (κ3) is 4.24. The largest absolute Gasteiger partial charge is 0.266 e. The molecule has 0 bridgehead atoms. The van der Waals surface area contributed by atoms with E-state index in [0.717, 1.165) is 0 Å². The van der Waals surface area contributed by atoms with Crippen LogP contribution in [-0.4, -0.2) is 25.0 Å². The highest BCUT2D eigenvalue weighted by Crippen LogP contribution is 2.18. The SMILES string of the molecule is O=S(=O)(CCCCl)Nc1ncccc1Cl. The lowest BCUT2D eigenvalue weighted by molar-refractivity contribution is 0.600. The van der Waals surface area contributed by atoms with Gasteiger partial charge in [-0.15, -0.1) is 11.6 Å². The number of hydrogen-bond donors (Lipinski definition) is 1. The summed E-state index contributed by atoms with van der Waals surface area (Å²) in [6, 6.07) is 3.19. The molecule has 1 rings (SSSR count). The van der Waals surface area contributed by atoms with Gasteiger partial charge >= 0.3 is 0 Å². The number of rotatable bonds is 5. The summed E-state index contributed by atoms with van der Waals surface area (Å²) in [5.74, 6) is 0.411. The number of aromatic nitrogens is 1. The number of hydrogen-bond acceptors (Lipinski definition) is 3. The molecule has 1 N–H and O–H groups in total. The van der Waals surface area contributed by atoms with E-state index < -0.39 is 10.0 Å². The molecule has 15 heavy (non-hydrogen) atoms. The van der Waals surface area contributed by atoms with E-state index in [2.05, 4.69) is 9.71 Å². The van der Waals surface area contributed by atoms with E-state index in [9.17, 15) is 8.42 Å². The highest BCUT2D eigenvalue weighted by atomic mass is 35.5. The summed E-state index contributed by atoms with van der Waals surface area (Å²) in [4.78, 5) is 3.82. The molecule has 0 aliphatic rings. The van der Waals surface area contributed by atoms with Crippen LogP contribution in [0.15, 0.2) is 18.3 Å². The second kappa shape index (κ2) is 5.53. The molecule has 4 nitrogen and oxygen atoms in total. The van der Waals surface area contributed by atoms with Gasteiger partial charge in [0.15, 0.2) is 5.82 Å². The molecular weight excluding hydrogens is 259 g/mol. The van der Waals surface area contributed by atoms with Gasteiger partial charge in [-0.1, -0.05) is 11.6 Å². The molecule has 0 fully saturated rings. The zero-order valence-corrected chi connectivity index (χ0v) is 10.1. The lowest BCUT2D eigenvalue weighted by Gasteiger charge is -2.07. The minimum atomic E-state index is -3.40. The van der Waals surface area contributed by atoms with Crippen LogP contribution < -0.4 is 4.72 Å². The fraction of sp³-hybridized carbons (Fsp3) is 0.375. The third-order valence-electron chi connectivity index (χ3n) is 1.56. The molecule has 0 spiro atoms. The topological polar surface area (TPSA) is 59.1 Å². The normalized spacial score (nSPS) is 11.3. The van der Waals surface area contributed by atoms with Gasteiger partial charge < -0.3 is 0 Å². The van der Waals surface area contributed by atoms with Crippen LogP contribution in [0.3, 0.4) is 0 Å². The van der Waals surface area contributed by atoms with Crippen molar-refractivity contribution in [2.75, 3.05) is 16.4 Å². The smallest absolute Gasteiger partial charge is 0.233 e. The Bertz CT molecular complexity index is 422. The number of alkyl halides is 1. The van der Waals surface area contributed by atoms with Crippen LogP contribution in [0.5, 0.6) is 0 Å². The van der Waals surface area contributed by atoms with Gasteiger partial charge in [-0.2, -0.15) is 0 Å². The molecule has 0 atom stereocenters. The maximum absolute atomic E-state index is 11.4. The standard InChI is InChI=1S/C8H10Cl2N2O2S/c9-4-2-6-15(13,14)12-8-7(10)3-1-5-11-8/h1,3,5H,2,4,6H2,(H,11,12). The van der Waals surface area contributed by atoms with E-state index in [4.69, 9.17) is 23.2 Å². The lowest BCUT2D eigenvalue weighted by atomic mass is 10.5. The average molecular weight is 269 g/mol. The molecule has 1 aromatic rings. The van der Waals surface area contributed by atoms with Crippen molar-refractivity contribution in [1.29, 1.82) is 0 Å². The van der Waals surface area contributed by atoms with Crippen molar-refractivity contribution in [2.45, 2.75) is 6.42 Å². The van der Waals surface area contributed by atoms with Crippen molar-refractivity contribution < 1.29 is 8.42 Å². The van der Waals surface area contributed by atoms with Crippen molar-refractivity contribution in [3.05, 3.63) is 23.4 Å². The van der Waals surface area contributed by atoms with E-state index >= 15 is 0 Å². The molecule has 1 heterocycles. The summed E-state index contributed by atoms with van der Waals surface area (Å²) in [5.41, 5.74) is 0. The predicted octanol–water partition coefficient (Wildman–Crippen LogP) is 2.11. The average Bonchev–Trinajstić information content (AvgIpc) is 2.18. The Labute approximate surface area is 98.7 Å². The van der Waals surface area contributed by atoms with Crippen LogP contribution in [0.1, 0.15) is 6.42 Å². The van der Waals surface area contributed by atoms with Gasteiger partial charge in [0.1, 0.15) is 0 Å². The molecule has 0 aromatic carbocycles. The highest BCUT2D eigenvalue weighted by molar-refractivity contribution is 7.92. The first-order valence-corrected chi connectivity index (χ1v) is 6.78. The first kappa shape index (κ1) is 12.5. The molecular formula is C8H10Cl2N2O2S. The fourth-order valence-electron chi connectivity index (χ4n) is 0.904. The molecule has 7 heteroatoms. The van der Waals surface area contributed by atoms with Gasteiger partial charge in [0.2, 0.25) is 10.0 Å². The third-order valence-corrected chi connectivity index (χ3v) is 3.46. The Morgan fingerprint density at radius 3 is 2.80 bits per heavy atom. The maximum atomic E-state index is 11.4. The molecule has 84 valence electrons. The quantitative estimate of drug-likeness (QED) is 0.833. The Morgan fingerprint density at radius 2 is 2.20 bits per heavy atom. The molecule has 0 radical (unpaired) electrons. The molecule has 0 saturated heterocycles. The van der Waals surface area contributed by atoms with Crippen molar-refractivity contribution in [3.8, 4) is 0 Å². The second-order valence-electron chi connectivity index (χ2n) is 2.80. The summed E-state index contributed by atoms with van der Waals surface area (Å²) >= 11 is 11.2. The summed E-state index contributed by atoms with van der Waals surface area (Å²) < 4.78 is 25.2. The summed E-state index contributed by atoms with van der Waals surface area (Å²) in [6.07, 6.45) is 1.85. The van der Waals surface area contributed by atoms with Crippen LogP contribution in [0.2, 0.25) is 5.02 Å². The van der Waals surface area contributed by atoms with Gasteiger partial charge in [-0.05, 0) is 18.6 Å². The van der Waals surface area contributed by atoms with E-state index in [-0.39, 0.29) is 16.6 Å². The van der Waals surface area contributed by atoms with E-state index in [0.29, 0.717) is 12.3 Å². The first-order valence-electron chi connectivity index (χ1n) is 4.22. The maximum Gasteiger partial charge on any atom is 0.233 e. The van der Waals surface area contributed by atoms with Gasteiger partial charge in [0.05, 0.1) is 10.8 Å². The molecule has 0 unspecified atom stereocenters. The highest BCUT2D eigenvalue weighted by Gasteiger charge is 2.12. The van der Waals surface area contributed by atoms with Crippen LogP contribution in [0.4, 0.5) is 5.82 Å². The number of nitrogens with one attached hydrogen (secondary N) is 1. The fourth-order valence-corrected chi connectivity index (χ4v) is 2.50. The van der Waals surface area contributed by atoms with Crippen LogP contribution in [-0.2, 0) is 10.0 Å². The minimum absolute atomic E-state index is 0.0383. The van der Waals surface area contributed by atoms with Crippen LogP contribution in [0, 0.1) is 0 Å². The zero-order valence-electron chi connectivity index (χ0n) is 7.78. The van der Waals surface area contributed by atoms with Gasteiger partial charge in [-0.25, -0.2) is 13.4 Å². The van der Waals surface area contributed by atoms with E-state index in [1.54, 1.807) is 12.1 Å². The second-order valence-corrected chi connectivity index (χ2v) is 5.42. The number of nitrogens with zero attached hydrogens (tertiary/aromatic N) is 1.